The number of thioether (sulfide) groups is 1. The van der Waals surface area contributed by atoms with Crippen molar-refractivity contribution in [3.05, 3.63) is 62.9 Å². The minimum absolute atomic E-state index is 0.0191. The average Bonchev–Trinajstić information content (AvgIpc) is 3.13. The normalized spacial score (nSPS) is 11.8. The fraction of sp³-hybridized carbons (Fsp3) is 0.167. The lowest BCUT2D eigenvalue weighted by Crippen LogP contribution is -2.00. The molecule has 140 valence electrons. The highest BCUT2D eigenvalue weighted by atomic mass is 35.5. The predicted octanol–water partition coefficient (Wildman–Crippen LogP) is 4.80. The van der Waals surface area contributed by atoms with E-state index in [9.17, 15) is 14.3 Å². The van der Waals surface area contributed by atoms with E-state index in [1.807, 2.05) is 24.5 Å². The third-order valence-corrected chi connectivity index (χ3v) is 4.98. The Kier molecular flexibility index (Phi) is 5.38. The maximum absolute atomic E-state index is 13.5. The van der Waals surface area contributed by atoms with Gasteiger partial charge in [-0.3, -0.25) is 0 Å². The van der Waals surface area contributed by atoms with Crippen LogP contribution < -0.4 is 0 Å². The zero-order valence-corrected chi connectivity index (χ0v) is 16.2. The van der Waals surface area contributed by atoms with Crippen molar-refractivity contribution < 1.29 is 18.7 Å². The van der Waals surface area contributed by atoms with Crippen LogP contribution >= 0.6 is 23.4 Å². The Bertz CT molecular complexity index is 1060. The summed E-state index contributed by atoms with van der Waals surface area (Å²) in [6.45, 7) is 5.34. The molecule has 0 aliphatic carbocycles. The first-order valence-electron chi connectivity index (χ1n) is 7.83. The SMILES string of the molecule is Cc1nnc(S/C(=C\c2cc(C)n(-c3ccc(F)c(Cl)c3)c2C)C(=O)O)o1. The third kappa shape index (κ3) is 4.06. The molecule has 0 aliphatic rings. The molecule has 3 aromatic rings. The van der Waals surface area contributed by atoms with Gasteiger partial charge < -0.3 is 14.1 Å². The Morgan fingerprint density at radius 2 is 2.04 bits per heavy atom. The van der Waals surface area contributed by atoms with Gasteiger partial charge in [0.15, 0.2) is 0 Å². The number of hydrogen-bond acceptors (Lipinski definition) is 5. The van der Waals surface area contributed by atoms with Gasteiger partial charge >= 0.3 is 5.97 Å². The summed E-state index contributed by atoms with van der Waals surface area (Å²) >= 11 is 6.77. The smallest absolute Gasteiger partial charge is 0.342 e. The molecular weight excluding hydrogens is 393 g/mol. The van der Waals surface area contributed by atoms with Gasteiger partial charge in [0, 0.05) is 24.0 Å². The standard InChI is InChI=1S/C18H15ClFN3O3S/c1-9-6-12(7-16(17(24)25)27-18-22-21-11(3)26-18)10(2)23(9)13-4-5-15(20)14(19)8-13/h4-8H,1-3H3,(H,24,25)/b16-7-. The lowest BCUT2D eigenvalue weighted by atomic mass is 10.2. The molecule has 0 atom stereocenters. The maximum Gasteiger partial charge on any atom is 0.342 e. The summed E-state index contributed by atoms with van der Waals surface area (Å²) in [5.74, 6) is -1.25. The summed E-state index contributed by atoms with van der Waals surface area (Å²) in [7, 11) is 0. The molecular formula is C18H15ClFN3O3S. The van der Waals surface area contributed by atoms with Crippen molar-refractivity contribution in [1.82, 2.24) is 14.8 Å². The highest BCUT2D eigenvalue weighted by Crippen LogP contribution is 2.30. The monoisotopic (exact) mass is 407 g/mol. The highest BCUT2D eigenvalue weighted by Gasteiger charge is 2.17. The van der Waals surface area contributed by atoms with Crippen molar-refractivity contribution in [2.24, 2.45) is 0 Å². The van der Waals surface area contributed by atoms with Gasteiger partial charge in [-0.2, -0.15) is 0 Å². The Labute approximate surface area is 163 Å². The number of aliphatic carboxylic acids is 1. The summed E-state index contributed by atoms with van der Waals surface area (Å²) in [6, 6.07) is 6.28. The van der Waals surface area contributed by atoms with Gasteiger partial charge in [-0.05, 0) is 61.5 Å². The van der Waals surface area contributed by atoms with Crippen LogP contribution in [0.2, 0.25) is 5.02 Å². The number of hydrogen-bond donors (Lipinski definition) is 1. The molecule has 0 aliphatic heterocycles. The Hall–Kier alpha value is -2.58. The van der Waals surface area contributed by atoms with E-state index in [-0.39, 0.29) is 15.2 Å². The van der Waals surface area contributed by atoms with Crippen LogP contribution in [0.25, 0.3) is 11.8 Å². The van der Waals surface area contributed by atoms with E-state index in [4.69, 9.17) is 16.0 Å². The number of carboxylic acids is 1. The molecule has 6 nitrogen and oxygen atoms in total. The molecule has 0 saturated carbocycles. The fourth-order valence-electron chi connectivity index (χ4n) is 2.65. The molecule has 0 saturated heterocycles. The van der Waals surface area contributed by atoms with Crippen LogP contribution in [-0.2, 0) is 4.79 Å². The van der Waals surface area contributed by atoms with Crippen LogP contribution in [0.3, 0.4) is 0 Å². The first-order valence-corrected chi connectivity index (χ1v) is 9.03. The van der Waals surface area contributed by atoms with Gasteiger partial charge in [0.1, 0.15) is 10.7 Å². The second kappa shape index (κ2) is 7.58. The van der Waals surface area contributed by atoms with E-state index in [1.54, 1.807) is 13.0 Å². The van der Waals surface area contributed by atoms with Crippen LogP contribution in [0, 0.1) is 26.6 Å². The zero-order valence-electron chi connectivity index (χ0n) is 14.7. The van der Waals surface area contributed by atoms with Crippen molar-refractivity contribution in [2.45, 2.75) is 26.0 Å². The molecule has 1 N–H and O–H groups in total. The van der Waals surface area contributed by atoms with Crippen molar-refractivity contribution in [3.8, 4) is 5.69 Å². The summed E-state index contributed by atoms with van der Waals surface area (Å²) < 4.78 is 20.6. The molecule has 0 spiro atoms. The Balaban J connectivity index is 2.02. The molecule has 27 heavy (non-hydrogen) atoms. The lowest BCUT2D eigenvalue weighted by Gasteiger charge is -2.10. The molecule has 0 fully saturated rings. The molecule has 0 amide bonds. The third-order valence-electron chi connectivity index (χ3n) is 3.83. The summed E-state index contributed by atoms with van der Waals surface area (Å²) in [5, 5.41) is 17.2. The molecule has 2 aromatic heterocycles. The van der Waals surface area contributed by atoms with E-state index < -0.39 is 11.8 Å². The molecule has 0 bridgehead atoms. The van der Waals surface area contributed by atoms with Gasteiger partial charge in [0.2, 0.25) is 5.89 Å². The zero-order chi connectivity index (χ0) is 19.7. The largest absolute Gasteiger partial charge is 0.477 e. The fourth-order valence-corrected chi connectivity index (χ4v) is 3.53. The minimum atomic E-state index is -1.11. The quantitative estimate of drug-likeness (QED) is 0.483. The van der Waals surface area contributed by atoms with Crippen molar-refractivity contribution in [3.63, 3.8) is 0 Å². The van der Waals surface area contributed by atoms with E-state index in [1.165, 1.54) is 18.2 Å². The van der Waals surface area contributed by atoms with Crippen LogP contribution in [0.5, 0.6) is 0 Å². The summed E-state index contributed by atoms with van der Waals surface area (Å²) in [4.78, 5) is 11.7. The van der Waals surface area contributed by atoms with Crippen LogP contribution in [-0.4, -0.2) is 25.8 Å². The van der Waals surface area contributed by atoms with Crippen molar-refractivity contribution in [2.75, 3.05) is 0 Å². The van der Waals surface area contributed by atoms with Gasteiger partial charge in [-0.1, -0.05) is 11.6 Å². The van der Waals surface area contributed by atoms with Crippen molar-refractivity contribution in [1.29, 1.82) is 0 Å². The molecule has 2 heterocycles. The van der Waals surface area contributed by atoms with Crippen LogP contribution in [0.15, 0.2) is 38.8 Å². The van der Waals surface area contributed by atoms with E-state index in [0.717, 1.165) is 23.1 Å². The van der Waals surface area contributed by atoms with Crippen LogP contribution in [0.4, 0.5) is 4.39 Å². The lowest BCUT2D eigenvalue weighted by molar-refractivity contribution is -0.131. The van der Waals surface area contributed by atoms with Gasteiger partial charge in [-0.25, -0.2) is 9.18 Å². The molecule has 0 unspecified atom stereocenters. The number of aromatic nitrogens is 3. The average molecular weight is 408 g/mol. The Morgan fingerprint density at radius 3 is 2.63 bits per heavy atom. The summed E-state index contributed by atoms with van der Waals surface area (Å²) in [6.07, 6.45) is 1.54. The van der Waals surface area contributed by atoms with Crippen molar-refractivity contribution >= 4 is 35.4 Å². The van der Waals surface area contributed by atoms with Gasteiger partial charge in [-0.15, -0.1) is 10.2 Å². The number of benzene rings is 1. The van der Waals surface area contributed by atoms with E-state index >= 15 is 0 Å². The number of rotatable bonds is 5. The maximum atomic E-state index is 13.5. The number of nitrogens with zero attached hydrogens (tertiary/aromatic N) is 3. The molecule has 9 heteroatoms. The summed E-state index contributed by atoms with van der Waals surface area (Å²) in [5.41, 5.74) is 3.03. The number of aryl methyl sites for hydroxylation is 2. The minimum Gasteiger partial charge on any atom is -0.477 e. The second-order valence-corrected chi connectivity index (χ2v) is 7.16. The van der Waals surface area contributed by atoms with E-state index in [2.05, 4.69) is 10.2 Å². The Morgan fingerprint density at radius 1 is 1.30 bits per heavy atom. The number of halogens is 2. The predicted molar refractivity (Wildman–Crippen MR) is 101 cm³/mol. The van der Waals surface area contributed by atoms with Gasteiger partial charge in [0.05, 0.1) is 5.02 Å². The second-order valence-electron chi connectivity index (χ2n) is 5.76. The molecule has 3 rings (SSSR count). The highest BCUT2D eigenvalue weighted by molar-refractivity contribution is 8.03. The number of carboxylic acid groups (broad SMARTS) is 1. The number of carbonyl (C=O) groups is 1. The van der Waals surface area contributed by atoms with E-state index in [0.29, 0.717) is 17.1 Å². The first-order chi connectivity index (χ1) is 12.8. The topological polar surface area (TPSA) is 81.2 Å². The van der Waals surface area contributed by atoms with Crippen LogP contribution in [0.1, 0.15) is 22.8 Å². The first kappa shape index (κ1) is 19.2. The molecule has 1 aromatic carbocycles. The molecule has 0 radical (unpaired) electrons. The van der Waals surface area contributed by atoms with Gasteiger partial charge in [0.25, 0.3) is 5.22 Å².